The number of carboxylic acid groups (broad SMARTS) is 1. The Balaban J connectivity index is 1.80. The van der Waals surface area contributed by atoms with Crippen LogP contribution in [0.4, 0.5) is 4.79 Å². The summed E-state index contributed by atoms with van der Waals surface area (Å²) < 4.78 is 25.2. The number of ether oxygens (including phenoxy) is 1. The minimum Gasteiger partial charge on any atom is -0.435 e. The molecule has 1 aliphatic heterocycles. The molecule has 1 aromatic carbocycles. The number of quaternary nitrogens is 1. The summed E-state index contributed by atoms with van der Waals surface area (Å²) in [6, 6.07) is 9.59. The second kappa shape index (κ2) is 14.7. The van der Waals surface area contributed by atoms with Gasteiger partial charge in [0.2, 0.25) is 13.7 Å². The average Bonchev–Trinajstić information content (AvgIpc) is 3.30. The molecule has 1 saturated carbocycles. The van der Waals surface area contributed by atoms with E-state index in [-0.39, 0.29) is 31.0 Å². The van der Waals surface area contributed by atoms with Crippen LogP contribution >= 0.6 is 7.37 Å². The van der Waals surface area contributed by atoms with E-state index in [1.54, 1.807) is 20.8 Å². The van der Waals surface area contributed by atoms with Crippen molar-refractivity contribution >= 4 is 25.3 Å². The molecule has 2 fully saturated rings. The molecule has 2 aliphatic rings. The van der Waals surface area contributed by atoms with E-state index in [1.165, 1.54) is 12.0 Å². The van der Waals surface area contributed by atoms with Crippen LogP contribution in [0, 0.1) is 17.8 Å². The van der Waals surface area contributed by atoms with Crippen molar-refractivity contribution in [2.24, 2.45) is 17.8 Å². The fourth-order valence-corrected chi connectivity index (χ4v) is 8.79. The number of rotatable bonds is 13. The molecule has 1 heterocycles. The van der Waals surface area contributed by atoms with Crippen LogP contribution < -0.4 is 0 Å². The lowest BCUT2D eigenvalue weighted by Crippen LogP contribution is -2.60. The number of benzene rings is 1. The number of nitrogens with zero attached hydrogens (tertiary/aromatic N) is 1. The summed E-state index contributed by atoms with van der Waals surface area (Å²) in [5.74, 6) is -0.724. The van der Waals surface area contributed by atoms with Gasteiger partial charge in [-0.25, -0.2) is 4.79 Å². The first-order valence-electron chi connectivity index (χ1n) is 15.1. The smallest absolute Gasteiger partial charge is 0.435 e. The third-order valence-electron chi connectivity index (χ3n) is 8.83. The van der Waals surface area contributed by atoms with Crippen LogP contribution in [-0.2, 0) is 29.8 Å². The van der Waals surface area contributed by atoms with Crippen LogP contribution in [0.2, 0.25) is 0 Å². The number of amides is 2. The lowest BCUT2D eigenvalue weighted by atomic mass is 9.79. The molecule has 1 N–H and O–H groups in total. The van der Waals surface area contributed by atoms with Gasteiger partial charge in [0.1, 0.15) is 12.2 Å². The van der Waals surface area contributed by atoms with Gasteiger partial charge in [-0.2, -0.15) is 9.28 Å². The maximum absolute atomic E-state index is 14.4. The molecular formula is C31H49NO7P+. The molecular weight excluding hydrogens is 529 g/mol. The standard InChI is InChI=1S/C31H48NO7P/c1-5-29(34)38-30(23(2)3)39-40(37,19-13-12-16-25-14-8-6-9-15-25)22-28(33)32(31(35)36)21-27(20-24(32)4)26-17-10-7-11-18-26/h6,8-9,14-15,23-24,26-27,30H,5,7,10-13,16-22H2,1-4H3/p+1/t24-,27+,30?,32-,40?/m1/s1. The van der Waals surface area contributed by atoms with E-state index in [0.29, 0.717) is 18.8 Å². The van der Waals surface area contributed by atoms with Gasteiger partial charge < -0.3 is 9.84 Å². The van der Waals surface area contributed by atoms with Crippen molar-refractivity contribution < 1.29 is 37.8 Å². The second-order valence-corrected chi connectivity index (χ2v) is 14.8. The van der Waals surface area contributed by atoms with E-state index in [9.17, 15) is 24.1 Å². The van der Waals surface area contributed by atoms with Gasteiger partial charge in [-0.1, -0.05) is 70.4 Å². The van der Waals surface area contributed by atoms with Gasteiger partial charge in [0.15, 0.2) is 0 Å². The maximum Gasteiger partial charge on any atom is 0.521 e. The summed E-state index contributed by atoms with van der Waals surface area (Å²) in [6.07, 6.45) is 5.96. The Morgan fingerprint density at radius 3 is 2.33 bits per heavy atom. The summed E-state index contributed by atoms with van der Waals surface area (Å²) in [5.41, 5.74) is 1.17. The number of hydrogen-bond donors (Lipinski definition) is 1. The third kappa shape index (κ3) is 8.27. The van der Waals surface area contributed by atoms with Crippen molar-refractivity contribution in [2.45, 2.75) is 104 Å². The number of aryl methyl sites for hydroxylation is 1. The molecule has 224 valence electrons. The summed E-state index contributed by atoms with van der Waals surface area (Å²) in [5, 5.41) is 10.4. The number of esters is 1. The number of hydrogen-bond acceptors (Lipinski definition) is 6. The number of likely N-dealkylation sites (tertiary alicyclic amines) is 1. The fraction of sp³-hybridized carbons (Fsp3) is 0.710. The zero-order valence-electron chi connectivity index (χ0n) is 24.8. The van der Waals surface area contributed by atoms with Crippen molar-refractivity contribution in [3.05, 3.63) is 35.9 Å². The van der Waals surface area contributed by atoms with Gasteiger partial charge >= 0.3 is 18.0 Å². The molecule has 3 rings (SSSR count). The Kier molecular flexibility index (Phi) is 12.0. The molecule has 1 aliphatic carbocycles. The molecule has 9 heteroatoms. The summed E-state index contributed by atoms with van der Waals surface area (Å²) >= 11 is 0. The molecule has 2 unspecified atom stereocenters. The van der Waals surface area contributed by atoms with E-state index in [0.717, 1.165) is 38.5 Å². The number of carbonyl (C=O) groups is 3. The lowest BCUT2D eigenvalue weighted by Gasteiger charge is -2.33. The highest BCUT2D eigenvalue weighted by Crippen LogP contribution is 2.52. The van der Waals surface area contributed by atoms with Crippen molar-refractivity contribution in [1.82, 2.24) is 0 Å². The number of carbonyl (C=O) groups excluding carboxylic acids is 2. The van der Waals surface area contributed by atoms with Gasteiger partial charge in [-0.05, 0) is 50.5 Å². The molecule has 1 saturated heterocycles. The van der Waals surface area contributed by atoms with Crippen LogP contribution in [0.5, 0.6) is 0 Å². The minimum atomic E-state index is -3.69. The molecule has 0 radical (unpaired) electrons. The highest BCUT2D eigenvalue weighted by molar-refractivity contribution is 7.59. The minimum absolute atomic E-state index is 0.124. The fourth-order valence-electron chi connectivity index (χ4n) is 6.42. The molecule has 40 heavy (non-hydrogen) atoms. The van der Waals surface area contributed by atoms with E-state index >= 15 is 0 Å². The van der Waals surface area contributed by atoms with Crippen LogP contribution in [0.3, 0.4) is 0 Å². The highest BCUT2D eigenvalue weighted by Gasteiger charge is 2.58. The first kappa shape index (κ1) is 32.5. The molecule has 0 bridgehead atoms. The first-order valence-corrected chi connectivity index (χ1v) is 17.1. The maximum atomic E-state index is 14.4. The molecule has 5 atom stereocenters. The average molecular weight is 579 g/mol. The Labute approximate surface area is 239 Å². The van der Waals surface area contributed by atoms with Crippen LogP contribution in [0.25, 0.3) is 0 Å². The quantitative estimate of drug-likeness (QED) is 0.0864. The van der Waals surface area contributed by atoms with Crippen molar-refractivity contribution in [2.75, 3.05) is 18.9 Å². The SMILES string of the molecule is CCC(=O)OC(OP(=O)(CCCCc1ccccc1)CC(=O)[N@@+]1(C(=O)O)C[C@@H](C2CCCCC2)C[C@H]1C)C(C)C. The predicted molar refractivity (Wildman–Crippen MR) is 155 cm³/mol. The molecule has 0 spiro atoms. The second-order valence-electron chi connectivity index (χ2n) is 12.2. The van der Waals surface area contributed by atoms with Gasteiger partial charge in [0.05, 0.1) is 6.54 Å². The topological polar surface area (TPSA) is 107 Å². The first-order chi connectivity index (χ1) is 19.0. The molecule has 2 amide bonds. The third-order valence-corrected chi connectivity index (χ3v) is 11.2. The monoisotopic (exact) mass is 578 g/mol. The Morgan fingerprint density at radius 2 is 1.73 bits per heavy atom. The van der Waals surface area contributed by atoms with E-state index in [1.807, 2.05) is 37.3 Å². The Bertz CT molecular complexity index is 1040. The van der Waals surface area contributed by atoms with Gasteiger partial charge in [-0.3, -0.25) is 13.9 Å². The van der Waals surface area contributed by atoms with E-state index in [4.69, 9.17) is 9.26 Å². The molecule has 1 aromatic rings. The number of imide groups is 1. The number of unbranched alkanes of at least 4 members (excludes halogenated alkanes) is 1. The van der Waals surface area contributed by atoms with E-state index < -0.39 is 48.3 Å². The highest BCUT2D eigenvalue weighted by atomic mass is 31.2. The summed E-state index contributed by atoms with van der Waals surface area (Å²) in [7, 11) is -3.69. The van der Waals surface area contributed by atoms with Crippen molar-refractivity contribution in [3.8, 4) is 0 Å². The van der Waals surface area contributed by atoms with Crippen LogP contribution in [0.1, 0.15) is 91.0 Å². The van der Waals surface area contributed by atoms with Gasteiger partial charge in [-0.15, -0.1) is 0 Å². The Hall–Kier alpha value is -2.02. The van der Waals surface area contributed by atoms with Crippen LogP contribution in [0.15, 0.2) is 30.3 Å². The zero-order chi connectivity index (χ0) is 29.3. The zero-order valence-corrected chi connectivity index (χ0v) is 25.7. The predicted octanol–water partition coefficient (Wildman–Crippen LogP) is 7.25. The largest absolute Gasteiger partial charge is 0.521 e. The Morgan fingerprint density at radius 1 is 1.05 bits per heavy atom. The van der Waals surface area contributed by atoms with E-state index in [2.05, 4.69) is 0 Å². The normalized spacial score (nSPS) is 25.8. The summed E-state index contributed by atoms with van der Waals surface area (Å²) in [6.45, 7) is 7.35. The van der Waals surface area contributed by atoms with Crippen molar-refractivity contribution in [3.63, 3.8) is 0 Å². The van der Waals surface area contributed by atoms with Gasteiger partial charge in [0, 0.05) is 30.8 Å². The molecule has 0 aromatic heterocycles. The summed E-state index contributed by atoms with van der Waals surface area (Å²) in [4.78, 5) is 38.8. The van der Waals surface area contributed by atoms with Gasteiger partial charge in [0.25, 0.3) is 0 Å². The lowest BCUT2D eigenvalue weighted by molar-refractivity contribution is -0.793. The van der Waals surface area contributed by atoms with Crippen LogP contribution in [-0.4, -0.2) is 58.8 Å². The molecule has 8 nitrogen and oxygen atoms in total. The van der Waals surface area contributed by atoms with Crippen molar-refractivity contribution in [1.29, 1.82) is 0 Å².